The molecule has 0 spiro atoms. The van der Waals surface area contributed by atoms with Crippen LogP contribution in [-0.4, -0.2) is 32.2 Å². The molecule has 2 saturated heterocycles. The highest BCUT2D eigenvalue weighted by molar-refractivity contribution is 5.66. The minimum absolute atomic E-state index is 0. The third kappa shape index (κ3) is 4.22. The Morgan fingerprint density at radius 3 is 2.54 bits per heavy atom. The van der Waals surface area contributed by atoms with Gasteiger partial charge in [0.2, 0.25) is 0 Å². The molecule has 148 valence electrons. The molecule has 5 heteroatoms. The lowest BCUT2D eigenvalue weighted by atomic mass is 10.0. The zero-order chi connectivity index (χ0) is 19.3. The van der Waals surface area contributed by atoms with Crippen molar-refractivity contribution in [3.8, 4) is 6.07 Å². The summed E-state index contributed by atoms with van der Waals surface area (Å²) in [6.07, 6.45) is 5.85. The molecule has 0 saturated carbocycles. The van der Waals surface area contributed by atoms with Gasteiger partial charge in [0, 0.05) is 45.0 Å². The maximum atomic E-state index is 13.6. The fourth-order valence-corrected chi connectivity index (χ4v) is 4.32. The summed E-state index contributed by atoms with van der Waals surface area (Å²) in [7, 11) is 0. The molecule has 2 aromatic carbocycles. The third-order valence-corrected chi connectivity index (χ3v) is 5.80. The van der Waals surface area contributed by atoms with Gasteiger partial charge in [-0.2, -0.15) is 5.26 Å². The number of rotatable bonds is 4. The van der Waals surface area contributed by atoms with Crippen molar-refractivity contribution in [1.29, 1.82) is 5.26 Å². The minimum atomic E-state index is -0.200. The van der Waals surface area contributed by atoms with E-state index in [1.165, 1.54) is 31.0 Å². The van der Waals surface area contributed by atoms with Gasteiger partial charge in [0.05, 0.1) is 11.3 Å². The van der Waals surface area contributed by atoms with Crippen LogP contribution >= 0.6 is 0 Å². The van der Waals surface area contributed by atoms with Crippen molar-refractivity contribution in [1.82, 2.24) is 0 Å². The van der Waals surface area contributed by atoms with E-state index in [9.17, 15) is 9.65 Å². The lowest BCUT2D eigenvalue weighted by molar-refractivity contribution is 0.528. The topological polar surface area (TPSA) is 42.3 Å². The number of nitriles is 1. The largest absolute Gasteiger partial charge is 0.379 e. The maximum absolute atomic E-state index is 13.6. The first kappa shape index (κ1) is 18.6. The van der Waals surface area contributed by atoms with Crippen LogP contribution in [0.4, 0.5) is 21.5 Å². The number of hydrogen-bond donors (Lipinski definition) is 1. The summed E-state index contributed by atoms with van der Waals surface area (Å²) in [4.78, 5) is 4.64. The summed E-state index contributed by atoms with van der Waals surface area (Å²) >= 11 is 0. The fourth-order valence-electron chi connectivity index (χ4n) is 4.32. The monoisotopic (exact) mass is 380 g/mol. The zero-order valence-corrected chi connectivity index (χ0v) is 16.2. The SMILES string of the molecule is N#Cc1ccc(N2CCCCC2)cc1NC1CCCN(c2cccc(F)c2)C1.[HH]. The van der Waals surface area contributed by atoms with Crippen LogP contribution in [0.1, 0.15) is 39.1 Å². The van der Waals surface area contributed by atoms with E-state index in [0.29, 0.717) is 5.56 Å². The van der Waals surface area contributed by atoms with Crippen molar-refractivity contribution >= 4 is 17.1 Å². The van der Waals surface area contributed by atoms with Gasteiger partial charge in [-0.3, -0.25) is 0 Å². The Kier molecular flexibility index (Phi) is 5.66. The number of nitrogens with one attached hydrogen (secondary N) is 1. The average molecular weight is 381 g/mol. The van der Waals surface area contributed by atoms with E-state index in [0.717, 1.165) is 50.4 Å². The van der Waals surface area contributed by atoms with Crippen LogP contribution in [0.15, 0.2) is 42.5 Å². The van der Waals surface area contributed by atoms with Gasteiger partial charge in [-0.15, -0.1) is 0 Å². The number of nitrogens with zero attached hydrogens (tertiary/aromatic N) is 3. The summed E-state index contributed by atoms with van der Waals surface area (Å²) in [6, 6.07) is 15.5. The highest BCUT2D eigenvalue weighted by Gasteiger charge is 2.22. The molecule has 4 rings (SSSR count). The van der Waals surface area contributed by atoms with Gasteiger partial charge >= 0.3 is 0 Å². The molecule has 0 bridgehead atoms. The second-order valence-electron chi connectivity index (χ2n) is 7.80. The summed E-state index contributed by atoms with van der Waals surface area (Å²) < 4.78 is 13.6. The first-order valence-electron chi connectivity index (χ1n) is 10.3. The molecule has 2 heterocycles. The quantitative estimate of drug-likeness (QED) is 0.809. The molecule has 0 aromatic heterocycles. The number of hydrogen-bond acceptors (Lipinski definition) is 4. The smallest absolute Gasteiger partial charge is 0.125 e. The number of benzene rings is 2. The Balaban J connectivity index is 0.00000240. The molecule has 0 amide bonds. The van der Waals surface area contributed by atoms with Crippen molar-refractivity contribution in [3.05, 3.63) is 53.8 Å². The van der Waals surface area contributed by atoms with Crippen molar-refractivity contribution in [3.63, 3.8) is 0 Å². The first-order valence-corrected chi connectivity index (χ1v) is 10.3. The van der Waals surface area contributed by atoms with Crippen molar-refractivity contribution < 1.29 is 5.82 Å². The second-order valence-corrected chi connectivity index (χ2v) is 7.80. The van der Waals surface area contributed by atoms with Gasteiger partial charge in [0.1, 0.15) is 11.9 Å². The van der Waals surface area contributed by atoms with Crippen LogP contribution < -0.4 is 15.1 Å². The van der Waals surface area contributed by atoms with E-state index in [2.05, 4.69) is 33.3 Å². The van der Waals surface area contributed by atoms with E-state index >= 15 is 0 Å². The van der Waals surface area contributed by atoms with E-state index in [1.807, 2.05) is 12.1 Å². The summed E-state index contributed by atoms with van der Waals surface area (Å²) in [5.41, 5.74) is 3.72. The summed E-state index contributed by atoms with van der Waals surface area (Å²) in [6.45, 7) is 3.91. The zero-order valence-electron chi connectivity index (χ0n) is 16.2. The Bertz CT molecular complexity index is 860. The fraction of sp³-hybridized carbons (Fsp3) is 0.435. The number of anilines is 3. The molecule has 1 atom stereocenters. The standard InChI is InChI=1S/C23H27FN4.H2/c24-19-6-4-8-21(14-19)28-13-5-7-20(17-28)26-23-15-22(10-9-18(23)16-25)27-11-2-1-3-12-27;/h4,6,8-10,14-15,20,26H,1-3,5,7,11-13,17H2;1H. The van der Waals surface area contributed by atoms with E-state index < -0.39 is 0 Å². The van der Waals surface area contributed by atoms with Crippen molar-refractivity contribution in [2.24, 2.45) is 0 Å². The van der Waals surface area contributed by atoms with Crippen LogP contribution in [0.2, 0.25) is 0 Å². The van der Waals surface area contributed by atoms with Crippen LogP contribution in [0.25, 0.3) is 0 Å². The predicted molar refractivity (Wildman–Crippen MR) is 115 cm³/mol. The molecule has 1 N–H and O–H groups in total. The molecule has 2 aliphatic rings. The van der Waals surface area contributed by atoms with Crippen molar-refractivity contribution in [2.75, 3.05) is 41.3 Å². The van der Waals surface area contributed by atoms with Crippen LogP contribution in [-0.2, 0) is 0 Å². The molecule has 2 aliphatic heterocycles. The van der Waals surface area contributed by atoms with Gasteiger partial charge in [-0.05, 0) is 68.5 Å². The molecule has 2 aromatic rings. The molecular formula is C23H29FN4. The molecular weight excluding hydrogens is 351 g/mol. The highest BCUT2D eigenvalue weighted by atomic mass is 19.1. The molecule has 28 heavy (non-hydrogen) atoms. The Labute approximate surface area is 168 Å². The van der Waals surface area contributed by atoms with Crippen LogP contribution in [0, 0.1) is 17.1 Å². The normalized spacial score (nSPS) is 19.9. The maximum Gasteiger partial charge on any atom is 0.125 e. The highest BCUT2D eigenvalue weighted by Crippen LogP contribution is 2.28. The van der Waals surface area contributed by atoms with E-state index in [1.54, 1.807) is 12.1 Å². The van der Waals surface area contributed by atoms with Gasteiger partial charge < -0.3 is 15.1 Å². The lowest BCUT2D eigenvalue weighted by Gasteiger charge is -2.36. The second kappa shape index (κ2) is 8.52. The average Bonchev–Trinajstić information content (AvgIpc) is 2.74. The molecule has 1 unspecified atom stereocenters. The van der Waals surface area contributed by atoms with Gasteiger partial charge in [-0.25, -0.2) is 4.39 Å². The first-order chi connectivity index (χ1) is 13.7. The Morgan fingerprint density at radius 1 is 0.964 bits per heavy atom. The van der Waals surface area contributed by atoms with Crippen LogP contribution in [0.5, 0.6) is 0 Å². The third-order valence-electron chi connectivity index (χ3n) is 5.80. The summed E-state index contributed by atoms with van der Waals surface area (Å²) in [5, 5.41) is 13.2. The summed E-state index contributed by atoms with van der Waals surface area (Å²) in [5.74, 6) is -0.200. The minimum Gasteiger partial charge on any atom is -0.379 e. The molecule has 2 fully saturated rings. The number of halogens is 1. The van der Waals surface area contributed by atoms with E-state index in [4.69, 9.17) is 0 Å². The van der Waals surface area contributed by atoms with E-state index in [-0.39, 0.29) is 13.3 Å². The Hall–Kier alpha value is -2.74. The molecule has 4 nitrogen and oxygen atoms in total. The predicted octanol–water partition coefficient (Wildman–Crippen LogP) is 5.01. The number of piperidine rings is 2. The van der Waals surface area contributed by atoms with Gasteiger partial charge in [0.15, 0.2) is 0 Å². The molecule has 0 radical (unpaired) electrons. The van der Waals surface area contributed by atoms with Gasteiger partial charge in [-0.1, -0.05) is 6.07 Å². The van der Waals surface area contributed by atoms with Crippen LogP contribution in [0.3, 0.4) is 0 Å². The Morgan fingerprint density at radius 2 is 1.75 bits per heavy atom. The van der Waals surface area contributed by atoms with Gasteiger partial charge in [0.25, 0.3) is 0 Å². The molecule has 0 aliphatic carbocycles. The van der Waals surface area contributed by atoms with Crippen molar-refractivity contribution in [2.45, 2.75) is 38.1 Å². The lowest BCUT2D eigenvalue weighted by Crippen LogP contribution is -2.42.